The van der Waals surface area contributed by atoms with Crippen molar-refractivity contribution in [3.8, 4) is 0 Å². The molecular formula is C17H19ClN6O2S. The fourth-order valence-corrected chi connectivity index (χ4v) is 5.34. The van der Waals surface area contributed by atoms with E-state index in [1.807, 2.05) is 19.1 Å². The monoisotopic (exact) mass is 406 g/mol. The number of anilines is 1. The highest BCUT2D eigenvalue weighted by atomic mass is 35.5. The van der Waals surface area contributed by atoms with Gasteiger partial charge in [0.2, 0.25) is 16.0 Å². The van der Waals surface area contributed by atoms with Crippen molar-refractivity contribution < 1.29 is 8.42 Å². The van der Waals surface area contributed by atoms with Crippen molar-refractivity contribution in [3.63, 3.8) is 0 Å². The van der Waals surface area contributed by atoms with Crippen LogP contribution in [0.4, 0.5) is 5.95 Å². The summed E-state index contributed by atoms with van der Waals surface area (Å²) in [6.07, 6.45) is 3.17. The van der Waals surface area contributed by atoms with Crippen LogP contribution in [0.25, 0.3) is 11.2 Å². The van der Waals surface area contributed by atoms with Crippen LogP contribution in [0, 0.1) is 6.92 Å². The first-order valence-corrected chi connectivity index (χ1v) is 10.4. The van der Waals surface area contributed by atoms with Crippen molar-refractivity contribution in [1.82, 2.24) is 23.8 Å². The number of imidazole rings is 1. The number of fused-ring (bicyclic) bond motifs is 1. The molecule has 3 aromatic rings. The van der Waals surface area contributed by atoms with E-state index in [-0.39, 0.29) is 17.1 Å². The minimum Gasteiger partial charge on any atom is -0.368 e. The van der Waals surface area contributed by atoms with E-state index in [4.69, 9.17) is 17.3 Å². The fraction of sp³-hybridized carbons (Fsp3) is 0.353. The summed E-state index contributed by atoms with van der Waals surface area (Å²) in [5, 5.41) is 0.187. The van der Waals surface area contributed by atoms with Crippen LogP contribution >= 0.6 is 11.6 Å². The van der Waals surface area contributed by atoms with Gasteiger partial charge >= 0.3 is 0 Å². The van der Waals surface area contributed by atoms with Crippen molar-refractivity contribution in [2.24, 2.45) is 0 Å². The molecule has 2 aromatic heterocycles. The Hall–Kier alpha value is -2.23. The van der Waals surface area contributed by atoms with Crippen LogP contribution in [0.1, 0.15) is 18.4 Å². The summed E-state index contributed by atoms with van der Waals surface area (Å²) in [4.78, 5) is 12.7. The van der Waals surface area contributed by atoms with E-state index >= 15 is 0 Å². The molecule has 2 N–H and O–H groups in total. The third kappa shape index (κ3) is 3.26. The summed E-state index contributed by atoms with van der Waals surface area (Å²) in [6.45, 7) is 2.84. The van der Waals surface area contributed by atoms with Gasteiger partial charge in [-0.3, -0.25) is 0 Å². The lowest BCUT2D eigenvalue weighted by atomic mass is 10.2. The molecule has 0 amide bonds. The summed E-state index contributed by atoms with van der Waals surface area (Å²) < 4.78 is 29.5. The van der Waals surface area contributed by atoms with Gasteiger partial charge in [-0.05, 0) is 31.9 Å². The van der Waals surface area contributed by atoms with E-state index in [9.17, 15) is 8.42 Å². The number of hydrogen-bond donors (Lipinski definition) is 1. The van der Waals surface area contributed by atoms with Gasteiger partial charge in [-0.15, -0.1) is 0 Å². The van der Waals surface area contributed by atoms with Crippen LogP contribution in [0.5, 0.6) is 0 Å². The first-order chi connectivity index (χ1) is 12.9. The molecule has 27 heavy (non-hydrogen) atoms. The number of sulfonamides is 1. The highest BCUT2D eigenvalue weighted by molar-refractivity contribution is 7.89. The second kappa shape index (κ2) is 6.74. The Morgan fingerprint density at radius 1 is 1.26 bits per heavy atom. The molecule has 3 heterocycles. The molecule has 0 radical (unpaired) electrons. The topological polar surface area (TPSA) is 107 Å². The molecule has 1 saturated heterocycles. The third-order valence-electron chi connectivity index (χ3n) is 4.80. The highest BCUT2D eigenvalue weighted by Gasteiger charge is 2.35. The van der Waals surface area contributed by atoms with E-state index in [1.165, 1.54) is 0 Å². The summed E-state index contributed by atoms with van der Waals surface area (Å²) >= 11 is 6.07. The minimum absolute atomic E-state index is 0.0600. The summed E-state index contributed by atoms with van der Waals surface area (Å²) in [5.74, 6) is 0.0600. The average Bonchev–Trinajstić information content (AvgIpc) is 3.24. The molecule has 1 fully saturated rings. The van der Waals surface area contributed by atoms with Crippen molar-refractivity contribution in [1.29, 1.82) is 0 Å². The van der Waals surface area contributed by atoms with Gasteiger partial charge in [-0.2, -0.15) is 14.3 Å². The van der Waals surface area contributed by atoms with Gasteiger partial charge < -0.3 is 10.3 Å². The standard InChI is InChI=1S/C17H19ClN6O2S/c1-11-4-6-13(7-5-11)27(25,26)24-8-2-3-12(24)9-23-10-20-14-15(18)21-17(19)22-16(14)23/h4-7,10,12H,2-3,8-9H2,1H3,(H2,19,21,22)/t12-/m1/s1. The van der Waals surface area contributed by atoms with Gasteiger partial charge in [0.05, 0.1) is 11.2 Å². The Morgan fingerprint density at radius 3 is 2.74 bits per heavy atom. The lowest BCUT2D eigenvalue weighted by molar-refractivity contribution is 0.354. The first-order valence-electron chi connectivity index (χ1n) is 8.58. The highest BCUT2D eigenvalue weighted by Crippen LogP contribution is 2.28. The predicted molar refractivity (Wildman–Crippen MR) is 103 cm³/mol. The van der Waals surface area contributed by atoms with Gasteiger partial charge in [0.15, 0.2) is 10.8 Å². The van der Waals surface area contributed by atoms with Crippen molar-refractivity contribution in [2.75, 3.05) is 12.3 Å². The number of benzene rings is 1. The summed E-state index contributed by atoms with van der Waals surface area (Å²) in [7, 11) is -3.56. The Kier molecular flexibility index (Phi) is 4.53. The second-order valence-electron chi connectivity index (χ2n) is 6.67. The fourth-order valence-electron chi connectivity index (χ4n) is 3.44. The molecule has 8 nitrogen and oxygen atoms in total. The van der Waals surface area contributed by atoms with E-state index in [1.54, 1.807) is 27.3 Å². The number of hydrogen-bond acceptors (Lipinski definition) is 6. The quantitative estimate of drug-likeness (QED) is 0.665. The van der Waals surface area contributed by atoms with Crippen molar-refractivity contribution in [2.45, 2.75) is 37.2 Å². The van der Waals surface area contributed by atoms with Crippen LogP contribution in [-0.2, 0) is 16.6 Å². The smallest absolute Gasteiger partial charge is 0.243 e. The molecule has 1 aliphatic rings. The SMILES string of the molecule is Cc1ccc(S(=O)(=O)N2CCC[C@@H]2Cn2cnc3c(Cl)nc(N)nc32)cc1. The van der Waals surface area contributed by atoms with E-state index < -0.39 is 10.0 Å². The van der Waals surface area contributed by atoms with Gasteiger partial charge in [0.25, 0.3) is 0 Å². The van der Waals surface area contributed by atoms with Gasteiger partial charge in [0.1, 0.15) is 5.52 Å². The van der Waals surface area contributed by atoms with E-state index in [0.717, 1.165) is 18.4 Å². The molecule has 0 spiro atoms. The molecule has 0 aliphatic carbocycles. The molecule has 142 valence electrons. The van der Waals surface area contributed by atoms with Crippen LogP contribution in [-0.4, -0.2) is 44.8 Å². The molecule has 0 unspecified atom stereocenters. The molecule has 1 aromatic carbocycles. The molecule has 4 rings (SSSR count). The third-order valence-corrected chi connectivity index (χ3v) is 7.03. The zero-order valence-electron chi connectivity index (χ0n) is 14.7. The summed E-state index contributed by atoms with van der Waals surface area (Å²) in [5.41, 5.74) is 7.67. The minimum atomic E-state index is -3.56. The zero-order chi connectivity index (χ0) is 19.2. The normalized spacial score (nSPS) is 18.4. The average molecular weight is 407 g/mol. The number of nitrogens with zero attached hydrogens (tertiary/aromatic N) is 5. The number of rotatable bonds is 4. The van der Waals surface area contributed by atoms with Gasteiger partial charge in [-0.25, -0.2) is 13.4 Å². The Bertz CT molecular complexity index is 1100. The number of nitrogen functional groups attached to an aromatic ring is 1. The number of aryl methyl sites for hydroxylation is 1. The lowest BCUT2D eigenvalue weighted by Crippen LogP contribution is -2.38. The molecule has 1 aliphatic heterocycles. The number of nitrogens with two attached hydrogens (primary N) is 1. The molecule has 10 heteroatoms. The molecule has 0 bridgehead atoms. The molecule has 1 atom stereocenters. The van der Waals surface area contributed by atoms with Gasteiger partial charge in [0, 0.05) is 19.1 Å². The van der Waals surface area contributed by atoms with Crippen LogP contribution in [0.15, 0.2) is 35.5 Å². The van der Waals surface area contributed by atoms with Crippen LogP contribution in [0.3, 0.4) is 0 Å². The maximum absolute atomic E-state index is 13.1. The lowest BCUT2D eigenvalue weighted by Gasteiger charge is -2.24. The van der Waals surface area contributed by atoms with Crippen LogP contribution in [0.2, 0.25) is 5.15 Å². The van der Waals surface area contributed by atoms with Crippen molar-refractivity contribution >= 4 is 38.7 Å². The van der Waals surface area contributed by atoms with E-state index in [2.05, 4.69) is 15.0 Å². The molecular weight excluding hydrogens is 388 g/mol. The van der Waals surface area contributed by atoms with Crippen molar-refractivity contribution in [3.05, 3.63) is 41.3 Å². The first kappa shape index (κ1) is 18.1. The number of aromatic nitrogens is 4. The van der Waals surface area contributed by atoms with E-state index in [0.29, 0.717) is 29.1 Å². The Labute approximate surface area is 162 Å². The predicted octanol–water partition coefficient (Wildman–Crippen LogP) is 2.22. The maximum Gasteiger partial charge on any atom is 0.243 e. The largest absolute Gasteiger partial charge is 0.368 e. The zero-order valence-corrected chi connectivity index (χ0v) is 16.3. The maximum atomic E-state index is 13.1. The molecule has 0 saturated carbocycles. The Balaban J connectivity index is 1.65. The second-order valence-corrected chi connectivity index (χ2v) is 8.92. The summed E-state index contributed by atoms with van der Waals surface area (Å²) in [6, 6.07) is 6.73. The van der Waals surface area contributed by atoms with Crippen LogP contribution < -0.4 is 5.73 Å². The number of halogens is 1. The Morgan fingerprint density at radius 2 is 2.00 bits per heavy atom. The van der Waals surface area contributed by atoms with Gasteiger partial charge in [-0.1, -0.05) is 29.3 Å².